The van der Waals surface area contributed by atoms with Crippen molar-refractivity contribution in [2.24, 2.45) is 0 Å². The number of carboxylic acids is 1. The SMILES string of the molecule is O=C(O)[C@@H]1CS/C(=C\c2ccc(-n3ccnc3)cc2)N1. The molecule has 102 valence electrons. The molecule has 1 saturated heterocycles. The number of carbonyl (C=O) groups is 1. The molecule has 1 aromatic carbocycles. The normalized spacial score (nSPS) is 20.0. The summed E-state index contributed by atoms with van der Waals surface area (Å²) >= 11 is 1.53. The Morgan fingerprint density at radius 3 is 2.85 bits per heavy atom. The summed E-state index contributed by atoms with van der Waals surface area (Å²) in [6.45, 7) is 0. The molecule has 1 atom stereocenters. The second-order valence-electron chi connectivity index (χ2n) is 4.42. The number of aromatic nitrogens is 2. The second-order valence-corrected chi connectivity index (χ2v) is 5.48. The molecule has 0 aliphatic carbocycles. The molecule has 0 unspecified atom stereocenters. The summed E-state index contributed by atoms with van der Waals surface area (Å²) in [4.78, 5) is 14.9. The van der Waals surface area contributed by atoms with E-state index in [1.165, 1.54) is 11.8 Å². The number of imidazole rings is 1. The number of thioether (sulfide) groups is 1. The van der Waals surface area contributed by atoms with Crippen LogP contribution in [0.5, 0.6) is 0 Å². The monoisotopic (exact) mass is 287 g/mol. The Kier molecular flexibility index (Phi) is 3.47. The lowest BCUT2D eigenvalue weighted by molar-refractivity contribution is -0.138. The quantitative estimate of drug-likeness (QED) is 0.903. The van der Waals surface area contributed by atoms with Gasteiger partial charge in [0.15, 0.2) is 0 Å². The van der Waals surface area contributed by atoms with Gasteiger partial charge in [-0.1, -0.05) is 12.1 Å². The van der Waals surface area contributed by atoms with Crippen LogP contribution in [0.25, 0.3) is 11.8 Å². The Balaban J connectivity index is 1.74. The van der Waals surface area contributed by atoms with Crippen LogP contribution in [-0.2, 0) is 4.79 Å². The molecule has 1 aliphatic heterocycles. The molecule has 0 amide bonds. The topological polar surface area (TPSA) is 67.1 Å². The predicted molar refractivity (Wildman–Crippen MR) is 78.6 cm³/mol. The number of nitrogens with one attached hydrogen (secondary N) is 1. The van der Waals surface area contributed by atoms with E-state index in [0.29, 0.717) is 5.75 Å². The van der Waals surface area contributed by atoms with E-state index in [-0.39, 0.29) is 0 Å². The van der Waals surface area contributed by atoms with E-state index in [9.17, 15) is 4.79 Å². The number of aliphatic carboxylic acids is 1. The van der Waals surface area contributed by atoms with Crippen LogP contribution in [0.2, 0.25) is 0 Å². The summed E-state index contributed by atoms with van der Waals surface area (Å²) in [5, 5.41) is 12.8. The number of benzene rings is 1. The predicted octanol–water partition coefficient (Wildman–Crippen LogP) is 1.96. The van der Waals surface area contributed by atoms with Crippen LogP contribution in [0.1, 0.15) is 5.56 Å². The highest BCUT2D eigenvalue weighted by Crippen LogP contribution is 2.25. The summed E-state index contributed by atoms with van der Waals surface area (Å²) in [5.74, 6) is -0.245. The number of hydrogen-bond donors (Lipinski definition) is 2. The molecule has 0 bridgehead atoms. The molecule has 0 spiro atoms. The van der Waals surface area contributed by atoms with E-state index in [2.05, 4.69) is 10.3 Å². The Bertz CT molecular complexity index is 635. The molecule has 2 aromatic rings. The van der Waals surface area contributed by atoms with Gasteiger partial charge in [0.1, 0.15) is 6.04 Å². The maximum Gasteiger partial charge on any atom is 0.327 e. The number of nitrogens with zero attached hydrogens (tertiary/aromatic N) is 2. The summed E-state index contributed by atoms with van der Waals surface area (Å²) in [6.07, 6.45) is 7.34. The largest absolute Gasteiger partial charge is 0.480 e. The van der Waals surface area contributed by atoms with Crippen LogP contribution in [-0.4, -0.2) is 32.4 Å². The van der Waals surface area contributed by atoms with Crippen LogP contribution in [0, 0.1) is 0 Å². The first kappa shape index (κ1) is 12.8. The lowest BCUT2D eigenvalue weighted by Gasteiger charge is -2.04. The average Bonchev–Trinajstić information content (AvgIpc) is 3.10. The molecule has 0 saturated carbocycles. The van der Waals surface area contributed by atoms with Crippen LogP contribution in [0.3, 0.4) is 0 Å². The molecule has 1 aliphatic rings. The zero-order valence-corrected chi connectivity index (χ0v) is 11.4. The third kappa shape index (κ3) is 2.70. The van der Waals surface area contributed by atoms with Gasteiger partial charge in [-0.15, -0.1) is 11.8 Å². The Morgan fingerprint density at radius 2 is 2.25 bits per heavy atom. The van der Waals surface area contributed by atoms with Crippen LogP contribution >= 0.6 is 11.8 Å². The fourth-order valence-electron chi connectivity index (χ4n) is 1.95. The van der Waals surface area contributed by atoms with E-state index in [4.69, 9.17) is 5.11 Å². The van der Waals surface area contributed by atoms with Crippen molar-refractivity contribution in [3.8, 4) is 5.69 Å². The van der Waals surface area contributed by atoms with Gasteiger partial charge in [-0.05, 0) is 23.8 Å². The number of hydrogen-bond acceptors (Lipinski definition) is 4. The van der Waals surface area contributed by atoms with E-state index in [0.717, 1.165) is 16.3 Å². The molecule has 6 heteroatoms. The average molecular weight is 287 g/mol. The van der Waals surface area contributed by atoms with Gasteiger partial charge in [0, 0.05) is 23.8 Å². The van der Waals surface area contributed by atoms with Gasteiger partial charge in [-0.25, -0.2) is 9.78 Å². The smallest absolute Gasteiger partial charge is 0.327 e. The molecule has 20 heavy (non-hydrogen) atoms. The maximum atomic E-state index is 10.9. The molecule has 1 fully saturated rings. The minimum Gasteiger partial charge on any atom is -0.480 e. The summed E-state index contributed by atoms with van der Waals surface area (Å²) in [7, 11) is 0. The highest BCUT2D eigenvalue weighted by Gasteiger charge is 2.24. The fraction of sp³-hybridized carbons (Fsp3) is 0.143. The van der Waals surface area contributed by atoms with Crippen LogP contribution in [0.15, 0.2) is 48.0 Å². The van der Waals surface area contributed by atoms with Gasteiger partial charge < -0.3 is 15.0 Å². The van der Waals surface area contributed by atoms with E-state index in [1.54, 1.807) is 12.5 Å². The fourth-order valence-corrected chi connectivity index (χ4v) is 2.97. The molecular weight excluding hydrogens is 274 g/mol. The van der Waals surface area contributed by atoms with Crippen LogP contribution in [0.4, 0.5) is 0 Å². The van der Waals surface area contributed by atoms with Crippen molar-refractivity contribution in [3.05, 3.63) is 53.6 Å². The zero-order chi connectivity index (χ0) is 13.9. The first-order chi connectivity index (χ1) is 9.72. The molecule has 2 N–H and O–H groups in total. The van der Waals surface area contributed by atoms with Crippen LogP contribution < -0.4 is 5.32 Å². The third-order valence-corrected chi connectivity index (χ3v) is 4.06. The van der Waals surface area contributed by atoms with Crippen molar-refractivity contribution >= 4 is 23.8 Å². The Labute approximate surface area is 120 Å². The number of rotatable bonds is 3. The van der Waals surface area contributed by atoms with Crippen molar-refractivity contribution in [2.45, 2.75) is 6.04 Å². The van der Waals surface area contributed by atoms with Gasteiger partial charge in [0.25, 0.3) is 0 Å². The van der Waals surface area contributed by atoms with E-state index >= 15 is 0 Å². The van der Waals surface area contributed by atoms with E-state index < -0.39 is 12.0 Å². The van der Waals surface area contributed by atoms with Crippen molar-refractivity contribution < 1.29 is 9.90 Å². The van der Waals surface area contributed by atoms with Gasteiger partial charge in [-0.2, -0.15) is 0 Å². The maximum absolute atomic E-state index is 10.9. The van der Waals surface area contributed by atoms with Gasteiger partial charge in [0.05, 0.1) is 11.4 Å². The summed E-state index contributed by atoms with van der Waals surface area (Å²) in [6, 6.07) is 7.51. The summed E-state index contributed by atoms with van der Waals surface area (Å²) < 4.78 is 1.93. The zero-order valence-electron chi connectivity index (χ0n) is 10.6. The first-order valence-corrected chi connectivity index (χ1v) is 7.13. The third-order valence-electron chi connectivity index (χ3n) is 3.01. The second kappa shape index (κ2) is 5.42. The van der Waals surface area contributed by atoms with E-state index in [1.807, 2.05) is 41.1 Å². The number of carboxylic acid groups (broad SMARTS) is 1. The first-order valence-electron chi connectivity index (χ1n) is 6.14. The standard InChI is InChI=1S/C14H13N3O2S/c18-14(19)12-8-20-13(16-12)7-10-1-3-11(4-2-10)17-6-5-15-9-17/h1-7,9,12,16H,8H2,(H,18,19)/b13-7-/t12-/m0/s1. The highest BCUT2D eigenvalue weighted by atomic mass is 32.2. The molecule has 5 nitrogen and oxygen atoms in total. The minimum absolute atomic E-state index is 0.489. The lowest BCUT2D eigenvalue weighted by Crippen LogP contribution is -2.31. The van der Waals surface area contributed by atoms with Crippen molar-refractivity contribution in [3.63, 3.8) is 0 Å². The molecular formula is C14H13N3O2S. The van der Waals surface area contributed by atoms with Gasteiger partial charge >= 0.3 is 5.97 Å². The Morgan fingerprint density at radius 1 is 1.45 bits per heavy atom. The van der Waals surface area contributed by atoms with Crippen molar-refractivity contribution in [2.75, 3.05) is 5.75 Å². The lowest BCUT2D eigenvalue weighted by atomic mass is 10.2. The van der Waals surface area contributed by atoms with Gasteiger partial charge in [-0.3, -0.25) is 0 Å². The summed E-state index contributed by atoms with van der Waals surface area (Å²) in [5.41, 5.74) is 2.08. The molecule has 1 aromatic heterocycles. The molecule has 0 radical (unpaired) electrons. The highest BCUT2D eigenvalue weighted by molar-refractivity contribution is 8.03. The molecule has 2 heterocycles. The molecule has 3 rings (SSSR count). The Hall–Kier alpha value is -2.21. The minimum atomic E-state index is -0.809. The van der Waals surface area contributed by atoms with Gasteiger partial charge in [0.2, 0.25) is 0 Å². The van der Waals surface area contributed by atoms with Crippen molar-refractivity contribution in [1.29, 1.82) is 0 Å². The van der Waals surface area contributed by atoms with Crippen molar-refractivity contribution in [1.82, 2.24) is 14.9 Å².